The van der Waals surface area contributed by atoms with Crippen LogP contribution in [0.15, 0.2) is 53.7 Å². The van der Waals surface area contributed by atoms with Gasteiger partial charge in [0.25, 0.3) is 0 Å². The summed E-state index contributed by atoms with van der Waals surface area (Å²) in [6.45, 7) is 0.232. The Hall–Kier alpha value is -2.69. The number of methoxy groups -OCH3 is 1. The van der Waals surface area contributed by atoms with E-state index >= 15 is 0 Å². The number of ether oxygens (including phenoxy) is 2. The minimum atomic E-state index is 0.106. The van der Waals surface area contributed by atoms with Crippen LogP contribution in [0.4, 0.5) is 0 Å². The van der Waals surface area contributed by atoms with Crippen molar-refractivity contribution in [1.82, 2.24) is 0 Å². The second-order valence-corrected chi connectivity index (χ2v) is 4.77. The van der Waals surface area contributed by atoms with Crippen molar-refractivity contribution in [2.75, 3.05) is 13.7 Å². The fourth-order valence-corrected chi connectivity index (χ4v) is 2.00. The Morgan fingerprint density at radius 1 is 1.14 bits per heavy atom. The Bertz CT molecular complexity index is 626. The first-order valence-corrected chi connectivity index (χ1v) is 6.96. The van der Waals surface area contributed by atoms with E-state index in [0.717, 1.165) is 11.3 Å². The smallest absolute Gasteiger partial charge is 0.160 e. The molecule has 0 spiro atoms. The largest absolute Gasteiger partial charge is 0.504 e. The highest BCUT2D eigenvalue weighted by atomic mass is 16.5. The van der Waals surface area contributed by atoms with Gasteiger partial charge in [-0.15, -0.1) is 0 Å². The molecule has 0 radical (unpaired) electrons. The molecule has 0 fully saturated rings. The van der Waals surface area contributed by atoms with Gasteiger partial charge in [-0.3, -0.25) is 0 Å². The van der Waals surface area contributed by atoms with Gasteiger partial charge in [0, 0.05) is 0 Å². The highest BCUT2D eigenvalue weighted by Gasteiger charge is 2.06. The molecule has 0 saturated heterocycles. The lowest BCUT2D eigenvalue weighted by Crippen LogP contribution is -2.12. The molecular weight excluding hydrogens is 282 g/mol. The van der Waals surface area contributed by atoms with Crippen LogP contribution in [-0.4, -0.2) is 29.7 Å². The van der Waals surface area contributed by atoms with E-state index in [9.17, 15) is 5.11 Å². The van der Waals surface area contributed by atoms with Gasteiger partial charge >= 0.3 is 0 Å². The maximum Gasteiger partial charge on any atom is 0.160 e. The van der Waals surface area contributed by atoms with Gasteiger partial charge in [-0.2, -0.15) is 0 Å². The summed E-state index contributed by atoms with van der Waals surface area (Å²) in [5.74, 6) is 1.27. The molecule has 0 atom stereocenters. The summed E-state index contributed by atoms with van der Waals surface area (Å²) in [4.78, 5) is 0. The number of para-hydroxylation sites is 1. The van der Waals surface area contributed by atoms with Gasteiger partial charge in [0.1, 0.15) is 12.4 Å². The molecular formula is C17H19NO4. The Balaban J connectivity index is 1.88. The molecule has 5 heteroatoms. The summed E-state index contributed by atoms with van der Waals surface area (Å²) in [5, 5.41) is 21.9. The molecule has 0 aliphatic heterocycles. The number of phenolic OH excluding ortho intramolecular Hbond substituents is 1. The molecule has 0 aliphatic carbocycles. The van der Waals surface area contributed by atoms with Crippen LogP contribution in [0, 0.1) is 0 Å². The molecule has 2 N–H and O–H groups in total. The topological polar surface area (TPSA) is 71.3 Å². The molecule has 0 aromatic heterocycles. The van der Waals surface area contributed by atoms with Crippen LogP contribution >= 0.6 is 0 Å². The quantitative estimate of drug-likeness (QED) is 0.468. The van der Waals surface area contributed by atoms with Gasteiger partial charge < -0.3 is 19.8 Å². The van der Waals surface area contributed by atoms with Crippen molar-refractivity contribution in [3.05, 3.63) is 54.1 Å². The molecule has 0 heterocycles. The van der Waals surface area contributed by atoms with E-state index in [4.69, 9.17) is 14.7 Å². The van der Waals surface area contributed by atoms with Crippen molar-refractivity contribution in [2.24, 2.45) is 5.16 Å². The second-order valence-electron chi connectivity index (χ2n) is 4.77. The van der Waals surface area contributed by atoms with Crippen molar-refractivity contribution in [3.8, 4) is 17.2 Å². The number of phenols is 1. The molecule has 22 heavy (non-hydrogen) atoms. The van der Waals surface area contributed by atoms with E-state index in [-0.39, 0.29) is 12.4 Å². The first kappa shape index (κ1) is 15.7. The Morgan fingerprint density at radius 3 is 2.59 bits per heavy atom. The van der Waals surface area contributed by atoms with Crippen molar-refractivity contribution in [1.29, 1.82) is 0 Å². The number of hydrogen-bond donors (Lipinski definition) is 2. The zero-order valence-electron chi connectivity index (χ0n) is 12.4. The molecule has 0 bridgehead atoms. The van der Waals surface area contributed by atoms with Crippen molar-refractivity contribution in [2.45, 2.75) is 12.8 Å². The fraction of sp³-hybridized carbons (Fsp3) is 0.235. The minimum Gasteiger partial charge on any atom is -0.504 e. The summed E-state index contributed by atoms with van der Waals surface area (Å²) in [6.07, 6.45) is 1.21. The summed E-state index contributed by atoms with van der Waals surface area (Å²) in [6, 6.07) is 14.5. The summed E-state index contributed by atoms with van der Waals surface area (Å²) < 4.78 is 10.6. The molecule has 0 unspecified atom stereocenters. The van der Waals surface area contributed by atoms with E-state index in [1.54, 1.807) is 12.1 Å². The lowest BCUT2D eigenvalue weighted by molar-refractivity contribution is 0.305. The molecule has 5 nitrogen and oxygen atoms in total. The zero-order valence-corrected chi connectivity index (χ0v) is 12.4. The first-order chi connectivity index (χ1) is 10.7. The van der Waals surface area contributed by atoms with Crippen LogP contribution in [0.2, 0.25) is 0 Å². The minimum absolute atomic E-state index is 0.106. The van der Waals surface area contributed by atoms with Gasteiger partial charge in [-0.1, -0.05) is 29.4 Å². The predicted molar refractivity (Wildman–Crippen MR) is 84.1 cm³/mol. The molecule has 2 aromatic carbocycles. The van der Waals surface area contributed by atoms with Gasteiger partial charge in [0.05, 0.1) is 12.8 Å². The Labute approximate surface area is 129 Å². The lowest BCUT2D eigenvalue weighted by atomic mass is 10.1. The first-order valence-electron chi connectivity index (χ1n) is 6.96. The van der Waals surface area contributed by atoms with Gasteiger partial charge in [0.15, 0.2) is 11.5 Å². The van der Waals surface area contributed by atoms with Crippen molar-refractivity contribution >= 4 is 5.71 Å². The van der Waals surface area contributed by atoms with Crippen LogP contribution < -0.4 is 9.47 Å². The molecule has 0 aliphatic rings. The van der Waals surface area contributed by atoms with Crippen molar-refractivity contribution < 1.29 is 19.8 Å². The number of benzene rings is 2. The molecule has 2 rings (SSSR count). The molecule has 0 amide bonds. The Morgan fingerprint density at radius 2 is 1.91 bits per heavy atom. The van der Waals surface area contributed by atoms with Crippen molar-refractivity contribution in [3.63, 3.8) is 0 Å². The molecule has 0 saturated carbocycles. The van der Waals surface area contributed by atoms with Gasteiger partial charge in [-0.25, -0.2) is 0 Å². The number of aryl methyl sites for hydroxylation is 1. The maximum absolute atomic E-state index is 9.56. The third-order valence-electron chi connectivity index (χ3n) is 3.24. The van der Waals surface area contributed by atoms with E-state index in [1.807, 2.05) is 36.4 Å². The number of nitrogens with zero attached hydrogens (tertiary/aromatic N) is 1. The number of oxime groups is 1. The average Bonchev–Trinajstić information content (AvgIpc) is 2.57. The third kappa shape index (κ3) is 4.41. The number of aromatic hydroxyl groups is 1. The van der Waals surface area contributed by atoms with Crippen LogP contribution in [0.1, 0.15) is 12.0 Å². The maximum atomic E-state index is 9.56. The second kappa shape index (κ2) is 7.93. The van der Waals surface area contributed by atoms with Gasteiger partial charge in [-0.05, 0) is 42.7 Å². The van der Waals surface area contributed by atoms with Crippen LogP contribution in [-0.2, 0) is 6.42 Å². The summed E-state index contributed by atoms with van der Waals surface area (Å²) in [5.41, 5.74) is 1.53. The highest BCUT2D eigenvalue weighted by Crippen LogP contribution is 2.26. The average molecular weight is 301 g/mol. The van der Waals surface area contributed by atoms with E-state index in [1.165, 1.54) is 7.11 Å². The van der Waals surface area contributed by atoms with E-state index < -0.39 is 0 Å². The highest BCUT2D eigenvalue weighted by molar-refractivity contribution is 5.85. The normalized spacial score (nSPS) is 11.2. The monoisotopic (exact) mass is 301 g/mol. The Kier molecular flexibility index (Phi) is 5.65. The van der Waals surface area contributed by atoms with Crippen LogP contribution in [0.25, 0.3) is 0 Å². The van der Waals surface area contributed by atoms with Crippen LogP contribution in [0.5, 0.6) is 17.2 Å². The molecule has 2 aromatic rings. The predicted octanol–water partition coefficient (Wildman–Crippen LogP) is 3.24. The standard InChI is InChI=1S/C17H19NO4/c1-21-17-11-13(8-10-16(17)19)7-9-14(18-20)12-22-15-5-3-2-4-6-15/h2-6,8,10-11,19-20H,7,9,12H2,1H3. The van der Waals surface area contributed by atoms with E-state index in [2.05, 4.69) is 5.16 Å². The fourth-order valence-electron chi connectivity index (χ4n) is 2.00. The number of hydrogen-bond acceptors (Lipinski definition) is 5. The van der Waals surface area contributed by atoms with Crippen LogP contribution in [0.3, 0.4) is 0 Å². The van der Waals surface area contributed by atoms with E-state index in [0.29, 0.717) is 24.3 Å². The van der Waals surface area contributed by atoms with Gasteiger partial charge in [0.2, 0.25) is 0 Å². The summed E-state index contributed by atoms with van der Waals surface area (Å²) >= 11 is 0. The number of rotatable bonds is 7. The molecule has 116 valence electrons. The summed E-state index contributed by atoms with van der Waals surface area (Å²) in [7, 11) is 1.51. The lowest BCUT2D eigenvalue weighted by Gasteiger charge is -2.09. The SMILES string of the molecule is COc1cc(CCC(COc2ccccc2)=NO)ccc1O. The third-order valence-corrected chi connectivity index (χ3v) is 3.24. The zero-order chi connectivity index (χ0) is 15.8.